The molecule has 1 atom stereocenters. The number of hydrogen-bond donors (Lipinski definition) is 0. The zero-order chi connectivity index (χ0) is 17.0. The molecule has 0 fully saturated rings. The van der Waals surface area contributed by atoms with Gasteiger partial charge in [0.25, 0.3) is 0 Å². The van der Waals surface area contributed by atoms with Crippen molar-refractivity contribution in [3.8, 4) is 11.8 Å². The lowest BCUT2D eigenvalue weighted by Gasteiger charge is -2.31. The minimum Gasteiger partial charge on any atom is -0.493 e. The van der Waals surface area contributed by atoms with Crippen molar-refractivity contribution in [1.29, 1.82) is 5.26 Å². The highest BCUT2D eigenvalue weighted by atomic mass is 19.4. The molecule has 0 aromatic heterocycles. The molecular formula is C16H15F3N2O2. The number of carbonyl (C=O) groups is 1. The molecule has 4 nitrogen and oxygen atoms in total. The summed E-state index contributed by atoms with van der Waals surface area (Å²) in [6, 6.07) is 4.48. The average molecular weight is 324 g/mol. The van der Waals surface area contributed by atoms with Gasteiger partial charge in [-0.25, -0.2) is 0 Å². The molecule has 0 aliphatic carbocycles. The van der Waals surface area contributed by atoms with Crippen LogP contribution in [-0.4, -0.2) is 29.6 Å². The number of alkyl halides is 3. The molecular weight excluding hydrogens is 309 g/mol. The zero-order valence-electron chi connectivity index (χ0n) is 12.3. The summed E-state index contributed by atoms with van der Waals surface area (Å²) in [7, 11) is 0. The lowest BCUT2D eigenvalue weighted by molar-refractivity contribution is -0.188. The van der Waals surface area contributed by atoms with Gasteiger partial charge < -0.3 is 9.64 Å². The van der Waals surface area contributed by atoms with Crippen LogP contribution in [0.15, 0.2) is 30.9 Å². The molecule has 0 bridgehead atoms. The Morgan fingerprint density at radius 3 is 2.87 bits per heavy atom. The lowest BCUT2D eigenvalue weighted by Crippen LogP contribution is -2.47. The number of ether oxygens (including phenoxy) is 1. The number of rotatable bonds is 5. The van der Waals surface area contributed by atoms with Gasteiger partial charge in [-0.3, -0.25) is 4.79 Å². The molecule has 23 heavy (non-hydrogen) atoms. The fourth-order valence-corrected chi connectivity index (χ4v) is 2.54. The van der Waals surface area contributed by atoms with E-state index in [-0.39, 0.29) is 6.54 Å². The molecule has 0 spiro atoms. The molecule has 1 aromatic carbocycles. The van der Waals surface area contributed by atoms with E-state index in [2.05, 4.69) is 6.58 Å². The quantitative estimate of drug-likeness (QED) is 0.783. The molecule has 2 rings (SSSR count). The maximum atomic E-state index is 13.2. The van der Waals surface area contributed by atoms with Gasteiger partial charge in [0.1, 0.15) is 11.8 Å². The van der Waals surface area contributed by atoms with E-state index in [1.54, 1.807) is 12.1 Å². The van der Waals surface area contributed by atoms with Crippen LogP contribution < -0.4 is 4.74 Å². The molecule has 1 heterocycles. The van der Waals surface area contributed by atoms with Gasteiger partial charge in [0.05, 0.1) is 25.6 Å². The van der Waals surface area contributed by atoms with E-state index in [4.69, 9.17) is 10.00 Å². The fourth-order valence-electron chi connectivity index (χ4n) is 2.54. The SMILES string of the molecule is C=CC(=O)N(Cc1cccc2c1OCC2)C(CC#N)C(F)(F)F. The van der Waals surface area contributed by atoms with Crippen molar-refractivity contribution in [1.82, 2.24) is 4.90 Å². The first-order chi connectivity index (χ1) is 10.9. The van der Waals surface area contributed by atoms with Gasteiger partial charge >= 0.3 is 6.18 Å². The van der Waals surface area contributed by atoms with Gasteiger partial charge in [0.15, 0.2) is 0 Å². The number of fused-ring (bicyclic) bond motifs is 1. The zero-order valence-corrected chi connectivity index (χ0v) is 12.3. The maximum Gasteiger partial charge on any atom is 0.409 e. The van der Waals surface area contributed by atoms with Crippen LogP contribution in [0.25, 0.3) is 0 Å². The van der Waals surface area contributed by atoms with E-state index in [9.17, 15) is 18.0 Å². The lowest BCUT2D eigenvalue weighted by atomic mass is 10.1. The number of amides is 1. The fraction of sp³-hybridized carbons (Fsp3) is 0.375. The molecule has 122 valence electrons. The van der Waals surface area contributed by atoms with E-state index >= 15 is 0 Å². The predicted octanol–water partition coefficient (Wildman–Crippen LogP) is 2.98. The summed E-state index contributed by atoms with van der Waals surface area (Å²) in [5.41, 5.74) is 1.39. The Balaban J connectivity index is 2.37. The van der Waals surface area contributed by atoms with Crippen molar-refractivity contribution in [2.45, 2.75) is 31.6 Å². The second kappa shape index (κ2) is 6.73. The molecule has 7 heteroatoms. The third kappa shape index (κ3) is 3.65. The van der Waals surface area contributed by atoms with Crippen LogP contribution in [0.1, 0.15) is 17.5 Å². The van der Waals surface area contributed by atoms with E-state index < -0.39 is 24.5 Å². The van der Waals surface area contributed by atoms with Gasteiger partial charge in [0, 0.05) is 12.0 Å². The third-order valence-electron chi connectivity index (χ3n) is 3.63. The van der Waals surface area contributed by atoms with Gasteiger partial charge in [-0.2, -0.15) is 18.4 Å². The Morgan fingerprint density at radius 2 is 2.26 bits per heavy atom. The van der Waals surface area contributed by atoms with Crippen molar-refractivity contribution < 1.29 is 22.7 Å². The highest BCUT2D eigenvalue weighted by Crippen LogP contribution is 2.33. The molecule has 1 aromatic rings. The number of para-hydroxylation sites is 1. The van der Waals surface area contributed by atoms with Crippen LogP contribution in [0.3, 0.4) is 0 Å². The Kier molecular flexibility index (Phi) is 4.94. The van der Waals surface area contributed by atoms with Gasteiger partial charge in [-0.05, 0) is 11.6 Å². The van der Waals surface area contributed by atoms with Crippen LogP contribution >= 0.6 is 0 Å². The molecule has 0 N–H and O–H groups in total. The first-order valence-corrected chi connectivity index (χ1v) is 6.98. The van der Waals surface area contributed by atoms with Gasteiger partial charge in [-0.15, -0.1) is 0 Å². The molecule has 1 unspecified atom stereocenters. The second-order valence-electron chi connectivity index (χ2n) is 5.09. The minimum atomic E-state index is -4.70. The highest BCUT2D eigenvalue weighted by molar-refractivity contribution is 5.87. The first-order valence-electron chi connectivity index (χ1n) is 6.98. The van der Waals surface area contributed by atoms with Crippen LogP contribution in [0, 0.1) is 11.3 Å². The maximum absolute atomic E-state index is 13.2. The molecule has 1 amide bonds. The van der Waals surface area contributed by atoms with Gasteiger partial charge in [-0.1, -0.05) is 24.8 Å². The monoisotopic (exact) mass is 324 g/mol. The Hall–Kier alpha value is -2.49. The van der Waals surface area contributed by atoms with Crippen molar-refractivity contribution in [2.75, 3.05) is 6.61 Å². The standard InChI is InChI=1S/C16H15F3N2O2/c1-2-14(22)21(13(6-8-20)16(17,18)19)10-12-5-3-4-11-7-9-23-15(11)12/h2-5,13H,1,6-7,9-10H2. The number of halogens is 3. The summed E-state index contributed by atoms with van der Waals surface area (Å²) >= 11 is 0. The third-order valence-corrected chi connectivity index (χ3v) is 3.63. The second-order valence-corrected chi connectivity index (χ2v) is 5.09. The molecule has 0 saturated carbocycles. The molecule has 0 saturated heterocycles. The summed E-state index contributed by atoms with van der Waals surface area (Å²) in [6.07, 6.45) is -4.04. The van der Waals surface area contributed by atoms with Crippen molar-refractivity contribution in [3.05, 3.63) is 42.0 Å². The first kappa shape index (κ1) is 16.9. The summed E-state index contributed by atoms with van der Waals surface area (Å²) < 4.78 is 45.1. The number of carbonyl (C=O) groups excluding carboxylic acids is 1. The van der Waals surface area contributed by atoms with E-state index in [0.717, 1.165) is 11.6 Å². The molecule has 1 aliphatic rings. The van der Waals surface area contributed by atoms with Crippen LogP contribution in [0.2, 0.25) is 0 Å². The molecule has 1 aliphatic heterocycles. The number of benzene rings is 1. The van der Waals surface area contributed by atoms with Gasteiger partial charge in [0.2, 0.25) is 5.91 Å². The Morgan fingerprint density at radius 1 is 1.52 bits per heavy atom. The summed E-state index contributed by atoms with van der Waals surface area (Å²) in [4.78, 5) is 12.6. The Labute approximate surface area is 131 Å². The summed E-state index contributed by atoms with van der Waals surface area (Å²) in [5, 5.41) is 8.69. The van der Waals surface area contributed by atoms with Crippen LogP contribution in [-0.2, 0) is 17.8 Å². The summed E-state index contributed by atoms with van der Waals surface area (Å²) in [5.74, 6) is -0.356. The van der Waals surface area contributed by atoms with Crippen LogP contribution in [0.4, 0.5) is 13.2 Å². The normalized spacial score (nSPS) is 14.3. The number of nitrogens with zero attached hydrogens (tertiary/aromatic N) is 2. The highest BCUT2D eigenvalue weighted by Gasteiger charge is 2.45. The average Bonchev–Trinajstić information content (AvgIpc) is 2.98. The topological polar surface area (TPSA) is 53.3 Å². The Bertz CT molecular complexity index is 650. The smallest absolute Gasteiger partial charge is 0.409 e. The van der Waals surface area contributed by atoms with Crippen molar-refractivity contribution >= 4 is 5.91 Å². The predicted molar refractivity (Wildman–Crippen MR) is 76.5 cm³/mol. The van der Waals surface area contributed by atoms with Crippen molar-refractivity contribution in [3.63, 3.8) is 0 Å². The minimum absolute atomic E-state index is 0.292. The van der Waals surface area contributed by atoms with E-state index in [1.807, 2.05) is 6.07 Å². The van der Waals surface area contributed by atoms with Crippen molar-refractivity contribution in [2.24, 2.45) is 0 Å². The number of hydrogen-bond acceptors (Lipinski definition) is 3. The van der Waals surface area contributed by atoms with Crippen LogP contribution in [0.5, 0.6) is 5.75 Å². The van der Waals surface area contributed by atoms with E-state index in [0.29, 0.717) is 29.2 Å². The largest absolute Gasteiger partial charge is 0.493 e. The number of nitriles is 1. The molecule has 0 radical (unpaired) electrons. The van der Waals surface area contributed by atoms with E-state index in [1.165, 1.54) is 6.07 Å². The summed E-state index contributed by atoms with van der Waals surface area (Å²) in [6.45, 7) is 3.42.